The van der Waals surface area contributed by atoms with E-state index in [4.69, 9.17) is 5.11 Å². The Bertz CT molecular complexity index is 506. The third-order valence-electron chi connectivity index (χ3n) is 2.74. The number of thiophene rings is 1. The largest absolute Gasteiger partial charge is 0.478 e. The Morgan fingerprint density at radius 1 is 1.58 bits per heavy atom. The molecule has 0 aromatic carbocycles. The zero-order valence-electron chi connectivity index (χ0n) is 10.6. The van der Waals surface area contributed by atoms with Crippen molar-refractivity contribution >= 4 is 29.4 Å². The normalized spacial score (nSPS) is 14.6. The first kappa shape index (κ1) is 13.6. The predicted octanol–water partition coefficient (Wildman–Crippen LogP) is 2.15. The number of carbonyl (C=O) groups is 2. The Labute approximate surface area is 115 Å². The van der Waals surface area contributed by atoms with Crippen LogP contribution in [0.3, 0.4) is 0 Å². The van der Waals surface area contributed by atoms with Gasteiger partial charge >= 0.3 is 12.0 Å². The van der Waals surface area contributed by atoms with Crippen LogP contribution in [0.4, 0.5) is 4.79 Å². The number of nitrogens with zero attached hydrogens (tertiary/aromatic N) is 1. The first-order valence-corrected chi connectivity index (χ1v) is 6.92. The van der Waals surface area contributed by atoms with Crippen LogP contribution in [0.1, 0.15) is 23.3 Å². The second-order valence-corrected chi connectivity index (χ2v) is 5.55. The van der Waals surface area contributed by atoms with E-state index < -0.39 is 5.97 Å². The zero-order valence-corrected chi connectivity index (χ0v) is 11.4. The molecule has 1 aromatic heterocycles. The topological polar surface area (TPSA) is 69.6 Å². The molecule has 0 radical (unpaired) electrons. The molecule has 0 bridgehead atoms. The standard InChI is InChI=1S/C13H16N2O3S/c1-15(13(18)14-10-2-3-10)7-9-6-11(19-8-9)4-5-12(16)17/h4-6,8,10H,2-3,7H2,1H3,(H,14,18)(H,16,17). The lowest BCUT2D eigenvalue weighted by Gasteiger charge is -2.16. The quantitative estimate of drug-likeness (QED) is 0.812. The summed E-state index contributed by atoms with van der Waals surface area (Å²) in [6.45, 7) is 0.524. The summed E-state index contributed by atoms with van der Waals surface area (Å²) in [5.74, 6) is -0.962. The van der Waals surface area contributed by atoms with Gasteiger partial charge in [0.2, 0.25) is 0 Å². The van der Waals surface area contributed by atoms with Gasteiger partial charge in [-0.15, -0.1) is 11.3 Å². The molecule has 0 aliphatic heterocycles. The molecule has 102 valence electrons. The number of carbonyl (C=O) groups excluding carboxylic acids is 1. The summed E-state index contributed by atoms with van der Waals surface area (Å²) in [5.41, 5.74) is 1.00. The molecule has 2 N–H and O–H groups in total. The maximum absolute atomic E-state index is 11.7. The zero-order chi connectivity index (χ0) is 13.8. The number of rotatable bonds is 5. The van der Waals surface area contributed by atoms with Gasteiger partial charge in [0.15, 0.2) is 0 Å². The van der Waals surface area contributed by atoms with E-state index in [-0.39, 0.29) is 6.03 Å². The lowest BCUT2D eigenvalue weighted by Crippen LogP contribution is -2.37. The number of hydrogen-bond donors (Lipinski definition) is 2. The van der Waals surface area contributed by atoms with Gasteiger partial charge < -0.3 is 15.3 Å². The molecule has 6 heteroatoms. The van der Waals surface area contributed by atoms with Crippen LogP contribution in [0, 0.1) is 0 Å². The van der Waals surface area contributed by atoms with Gasteiger partial charge in [-0.3, -0.25) is 0 Å². The number of amides is 2. The van der Waals surface area contributed by atoms with E-state index >= 15 is 0 Å². The summed E-state index contributed by atoms with van der Waals surface area (Å²) in [5, 5.41) is 13.4. The minimum atomic E-state index is -0.962. The van der Waals surface area contributed by atoms with E-state index in [0.29, 0.717) is 12.6 Å². The van der Waals surface area contributed by atoms with Gasteiger partial charge in [-0.25, -0.2) is 9.59 Å². The molecule has 1 aromatic rings. The monoisotopic (exact) mass is 280 g/mol. The molecule has 1 fully saturated rings. The van der Waals surface area contributed by atoms with Crippen molar-refractivity contribution in [2.45, 2.75) is 25.4 Å². The van der Waals surface area contributed by atoms with Gasteiger partial charge in [0.05, 0.1) is 0 Å². The van der Waals surface area contributed by atoms with Crippen LogP contribution in [-0.2, 0) is 11.3 Å². The maximum Gasteiger partial charge on any atom is 0.328 e. The van der Waals surface area contributed by atoms with Crippen molar-refractivity contribution in [3.8, 4) is 0 Å². The van der Waals surface area contributed by atoms with Crippen LogP contribution in [0.15, 0.2) is 17.5 Å². The van der Waals surface area contributed by atoms with Gasteiger partial charge in [-0.1, -0.05) is 0 Å². The van der Waals surface area contributed by atoms with Crippen molar-refractivity contribution in [1.29, 1.82) is 0 Å². The van der Waals surface area contributed by atoms with Gasteiger partial charge in [-0.2, -0.15) is 0 Å². The Hall–Kier alpha value is -1.82. The molecule has 0 spiro atoms. The molecule has 0 unspecified atom stereocenters. The highest BCUT2D eigenvalue weighted by Gasteiger charge is 2.24. The lowest BCUT2D eigenvalue weighted by atomic mass is 10.3. The fourth-order valence-corrected chi connectivity index (χ4v) is 2.37. The molecule has 1 aliphatic rings. The minimum absolute atomic E-state index is 0.0590. The smallest absolute Gasteiger partial charge is 0.328 e. The van der Waals surface area contributed by atoms with Crippen LogP contribution in [-0.4, -0.2) is 35.1 Å². The van der Waals surface area contributed by atoms with E-state index in [9.17, 15) is 9.59 Å². The van der Waals surface area contributed by atoms with E-state index in [1.165, 1.54) is 11.3 Å². The second kappa shape index (κ2) is 5.88. The second-order valence-electron chi connectivity index (χ2n) is 4.61. The summed E-state index contributed by atoms with van der Waals surface area (Å²) >= 11 is 1.46. The van der Waals surface area contributed by atoms with E-state index in [2.05, 4.69) is 5.32 Å². The van der Waals surface area contributed by atoms with Gasteiger partial charge in [-0.05, 0) is 35.9 Å². The third kappa shape index (κ3) is 4.40. The highest BCUT2D eigenvalue weighted by atomic mass is 32.1. The molecule has 0 atom stereocenters. The van der Waals surface area contributed by atoms with Crippen molar-refractivity contribution in [1.82, 2.24) is 10.2 Å². The van der Waals surface area contributed by atoms with Gasteiger partial charge in [0.25, 0.3) is 0 Å². The van der Waals surface area contributed by atoms with Crippen LogP contribution < -0.4 is 5.32 Å². The summed E-state index contributed by atoms with van der Waals surface area (Å²) in [6.07, 6.45) is 4.81. The fourth-order valence-electron chi connectivity index (χ4n) is 1.58. The molecule has 5 nitrogen and oxygen atoms in total. The minimum Gasteiger partial charge on any atom is -0.478 e. The summed E-state index contributed by atoms with van der Waals surface area (Å²) in [4.78, 5) is 24.7. The Kier molecular flexibility index (Phi) is 4.21. The van der Waals surface area contributed by atoms with E-state index in [1.54, 1.807) is 18.0 Å². The Morgan fingerprint density at radius 2 is 2.32 bits per heavy atom. The molecule has 2 rings (SSSR count). The van der Waals surface area contributed by atoms with Crippen molar-refractivity contribution in [2.24, 2.45) is 0 Å². The lowest BCUT2D eigenvalue weighted by molar-refractivity contribution is -0.131. The molecule has 19 heavy (non-hydrogen) atoms. The number of carboxylic acid groups (broad SMARTS) is 1. The molecule has 2 amide bonds. The first-order chi connectivity index (χ1) is 9.04. The van der Waals surface area contributed by atoms with Crippen LogP contribution in [0.2, 0.25) is 0 Å². The predicted molar refractivity (Wildman–Crippen MR) is 74.0 cm³/mol. The van der Waals surface area contributed by atoms with Gasteiger partial charge in [0.1, 0.15) is 0 Å². The van der Waals surface area contributed by atoms with E-state index in [1.807, 2.05) is 11.4 Å². The van der Waals surface area contributed by atoms with Gasteiger partial charge in [0, 0.05) is 30.6 Å². The highest BCUT2D eigenvalue weighted by molar-refractivity contribution is 7.11. The summed E-state index contributed by atoms with van der Waals surface area (Å²) < 4.78 is 0. The number of urea groups is 1. The Morgan fingerprint density at radius 3 is 2.95 bits per heavy atom. The molecular formula is C13H16N2O3S. The molecule has 1 heterocycles. The van der Waals surface area contributed by atoms with Crippen molar-refractivity contribution in [3.63, 3.8) is 0 Å². The van der Waals surface area contributed by atoms with Crippen LogP contribution in [0.5, 0.6) is 0 Å². The Balaban J connectivity index is 1.87. The average molecular weight is 280 g/mol. The highest BCUT2D eigenvalue weighted by Crippen LogP contribution is 2.20. The summed E-state index contributed by atoms with van der Waals surface area (Å²) in [6, 6.07) is 2.19. The molecular weight excluding hydrogens is 264 g/mol. The first-order valence-electron chi connectivity index (χ1n) is 6.04. The van der Waals surface area contributed by atoms with Crippen molar-refractivity contribution in [2.75, 3.05) is 7.05 Å². The third-order valence-corrected chi connectivity index (χ3v) is 3.68. The maximum atomic E-state index is 11.7. The average Bonchev–Trinajstić information content (AvgIpc) is 3.05. The summed E-state index contributed by atoms with van der Waals surface area (Å²) in [7, 11) is 1.75. The van der Waals surface area contributed by atoms with Crippen molar-refractivity contribution in [3.05, 3.63) is 28.0 Å². The molecule has 1 saturated carbocycles. The SMILES string of the molecule is CN(Cc1csc(C=CC(=O)O)c1)C(=O)NC1CC1. The molecule has 0 saturated heterocycles. The van der Waals surface area contributed by atoms with Crippen molar-refractivity contribution < 1.29 is 14.7 Å². The fraction of sp³-hybridized carbons (Fsp3) is 0.385. The number of hydrogen-bond acceptors (Lipinski definition) is 3. The van der Waals surface area contributed by atoms with Crippen LogP contribution in [0.25, 0.3) is 6.08 Å². The van der Waals surface area contributed by atoms with Crippen LogP contribution >= 0.6 is 11.3 Å². The number of carboxylic acids is 1. The number of nitrogens with one attached hydrogen (secondary N) is 1. The number of aliphatic carboxylic acids is 1. The van der Waals surface area contributed by atoms with E-state index in [0.717, 1.165) is 29.4 Å². The molecule has 1 aliphatic carbocycles.